The molecule has 3 aromatic rings. The molecular weight excluding hydrogens is 838 g/mol. The van der Waals surface area contributed by atoms with Gasteiger partial charge < -0.3 is 39.6 Å². The topological polar surface area (TPSA) is 213 Å². The number of amides is 1. The number of halogens is 1. The molecule has 3 fully saturated rings. The van der Waals surface area contributed by atoms with Crippen molar-refractivity contribution < 1.29 is 68.0 Å². The third-order valence-corrected chi connectivity index (χ3v) is 13.8. The predicted molar refractivity (Wildman–Crippen MR) is 223 cm³/mol. The first-order valence-corrected chi connectivity index (χ1v) is 21.1. The summed E-state index contributed by atoms with van der Waals surface area (Å²) >= 11 is 6.04. The fraction of sp³-hybridized carbons (Fsp3) is 0.468. The highest BCUT2D eigenvalue weighted by atomic mass is 35.5. The molecule has 0 spiro atoms. The minimum atomic E-state index is -2.27. The first-order chi connectivity index (χ1) is 29.8. The van der Waals surface area contributed by atoms with Gasteiger partial charge in [-0.25, -0.2) is 14.6 Å². The molecule has 2 saturated carbocycles. The Morgan fingerprint density at radius 3 is 2.14 bits per heavy atom. The van der Waals surface area contributed by atoms with Crippen LogP contribution >= 0.6 is 11.6 Å². The van der Waals surface area contributed by atoms with E-state index in [1.54, 1.807) is 75.4 Å². The SMILES string of the molecule is CC(=O)O[C@H]1C(=O)[C@@]2(C)[C@H]([C@H](OOCc3ccccc3)[C@]3(O)C[C@H](OC(=O)[C@H](O)[C@@H](NC(=O)c4ccc(Cl)cc4)c4ccccc4)C(C)=C1C3(C)C)[C@]1(OC(C)=O)CO[C@@H]1C[C@@H]2O. The molecule has 2 bridgehead atoms. The molecule has 15 nitrogen and oxygen atoms in total. The Hall–Kier alpha value is -5.00. The van der Waals surface area contributed by atoms with Crippen molar-refractivity contribution in [1.82, 2.24) is 5.32 Å². The second kappa shape index (κ2) is 17.5. The molecule has 7 rings (SSSR count). The number of fused-ring (bicyclic) bond motifs is 5. The normalized spacial score (nSPS) is 31.7. The molecular formula is C47H52ClNO14. The Balaban J connectivity index is 1.35. The number of esters is 3. The van der Waals surface area contributed by atoms with Crippen LogP contribution < -0.4 is 5.32 Å². The Bertz CT molecular complexity index is 2270. The number of aliphatic hydroxyl groups excluding tert-OH is 2. The molecule has 63 heavy (non-hydrogen) atoms. The van der Waals surface area contributed by atoms with Gasteiger partial charge in [-0.3, -0.25) is 19.2 Å². The van der Waals surface area contributed by atoms with Crippen LogP contribution in [0.15, 0.2) is 96.1 Å². The molecule has 0 unspecified atom stereocenters. The monoisotopic (exact) mass is 889 g/mol. The van der Waals surface area contributed by atoms with Crippen LogP contribution in [0.2, 0.25) is 5.02 Å². The van der Waals surface area contributed by atoms with Crippen LogP contribution in [0.5, 0.6) is 0 Å². The molecule has 3 aliphatic carbocycles. The summed E-state index contributed by atoms with van der Waals surface area (Å²) in [5.74, 6) is -5.67. The van der Waals surface area contributed by atoms with E-state index in [9.17, 15) is 34.5 Å². The van der Waals surface area contributed by atoms with Crippen LogP contribution in [0.4, 0.5) is 0 Å². The van der Waals surface area contributed by atoms with Crippen molar-refractivity contribution in [2.45, 2.75) is 115 Å². The molecule has 0 aromatic heterocycles. The number of rotatable bonds is 12. The summed E-state index contributed by atoms with van der Waals surface area (Å²) in [6.07, 6.45) is -9.98. The highest BCUT2D eigenvalue weighted by molar-refractivity contribution is 6.30. The zero-order valence-electron chi connectivity index (χ0n) is 35.7. The molecule has 3 aromatic carbocycles. The lowest BCUT2D eigenvalue weighted by molar-refractivity contribution is -0.420. The van der Waals surface area contributed by atoms with E-state index in [0.717, 1.165) is 6.92 Å². The largest absolute Gasteiger partial charge is 0.456 e. The number of Topliss-reactive ketones (excluding diaryl/α,β-unsaturated/α-hetero) is 1. The maximum Gasteiger partial charge on any atom is 0.338 e. The number of ketones is 1. The maximum absolute atomic E-state index is 15.5. The molecule has 4 aliphatic rings. The summed E-state index contributed by atoms with van der Waals surface area (Å²) in [5, 5.41) is 40.6. The molecule has 1 aliphatic heterocycles. The van der Waals surface area contributed by atoms with Crippen LogP contribution in [0, 0.1) is 16.7 Å². The van der Waals surface area contributed by atoms with Crippen molar-refractivity contribution in [3.8, 4) is 0 Å². The summed E-state index contributed by atoms with van der Waals surface area (Å²) in [6, 6.07) is 21.9. The third kappa shape index (κ3) is 8.09. The number of carbonyl (C=O) groups excluding carboxylic acids is 5. The van der Waals surface area contributed by atoms with Gasteiger partial charge in [0.05, 0.1) is 30.1 Å². The molecule has 1 saturated heterocycles. The Morgan fingerprint density at radius 1 is 0.921 bits per heavy atom. The number of carbonyl (C=O) groups is 5. The second-order valence-electron chi connectivity index (χ2n) is 17.6. The lowest BCUT2D eigenvalue weighted by Gasteiger charge is -2.67. The zero-order chi connectivity index (χ0) is 45.6. The standard InChI is InChI=1S/C47H52ClNO14/c1-25-32(61-43(56)37(53)36(29-15-11-8-12-16-29)49-42(55)30-17-19-31(48)20-18-30)22-47(57)41(63-59-23-28-13-9-7-10-14-28)39-45(6,33(52)21-34-46(39,24-58-34)62-27(3)51)40(54)38(60-26(2)50)35(25)44(47,4)5/h7-20,32-34,36-39,41,52-53,57H,21-24H2,1-6H3,(H,49,55)/t32-,33-,34+,36-,37+,38+,39-,41-,45+,46-,47+/m0/s1. The number of aliphatic hydroxyl groups is 3. The average Bonchev–Trinajstić information content (AvgIpc) is 3.24. The van der Waals surface area contributed by atoms with Gasteiger partial charge in [-0.15, -0.1) is 0 Å². The Labute approximate surface area is 369 Å². The molecule has 4 N–H and O–H groups in total. The van der Waals surface area contributed by atoms with E-state index < -0.39 is 107 Å². The lowest BCUT2D eigenvalue weighted by Crippen LogP contribution is -2.81. The number of benzene rings is 3. The minimum Gasteiger partial charge on any atom is -0.456 e. The van der Waals surface area contributed by atoms with Crippen molar-refractivity contribution in [3.63, 3.8) is 0 Å². The van der Waals surface area contributed by atoms with E-state index in [4.69, 9.17) is 40.3 Å². The first kappa shape index (κ1) is 46.0. The fourth-order valence-electron chi connectivity index (χ4n) is 10.2. The Morgan fingerprint density at radius 2 is 1.56 bits per heavy atom. The van der Waals surface area contributed by atoms with E-state index in [2.05, 4.69) is 5.32 Å². The minimum absolute atomic E-state index is 0.0523. The molecule has 1 heterocycles. The predicted octanol–water partition coefficient (Wildman–Crippen LogP) is 4.68. The molecule has 1 amide bonds. The van der Waals surface area contributed by atoms with Gasteiger partial charge in [-0.1, -0.05) is 86.1 Å². The van der Waals surface area contributed by atoms with Gasteiger partial charge in [-0.2, -0.15) is 0 Å². The first-order valence-electron chi connectivity index (χ1n) is 20.7. The van der Waals surface area contributed by atoms with Crippen LogP contribution in [0.3, 0.4) is 0 Å². The van der Waals surface area contributed by atoms with Crippen LogP contribution in [-0.4, -0.2) is 99.4 Å². The summed E-state index contributed by atoms with van der Waals surface area (Å²) in [5.41, 5.74) is -5.99. The van der Waals surface area contributed by atoms with Gasteiger partial charge in [-0.05, 0) is 60.4 Å². The number of hydrogen-bond acceptors (Lipinski definition) is 14. The lowest BCUT2D eigenvalue weighted by atomic mass is 9.44. The van der Waals surface area contributed by atoms with E-state index in [-0.39, 0.29) is 36.3 Å². The van der Waals surface area contributed by atoms with Gasteiger partial charge >= 0.3 is 17.9 Å². The zero-order valence-corrected chi connectivity index (χ0v) is 36.5. The van der Waals surface area contributed by atoms with Crippen molar-refractivity contribution in [2.75, 3.05) is 6.61 Å². The van der Waals surface area contributed by atoms with E-state index >= 15 is 4.79 Å². The van der Waals surface area contributed by atoms with Crippen LogP contribution in [0.25, 0.3) is 0 Å². The van der Waals surface area contributed by atoms with Gasteiger partial charge in [0.1, 0.15) is 30.5 Å². The van der Waals surface area contributed by atoms with Crippen molar-refractivity contribution in [2.24, 2.45) is 16.7 Å². The molecule has 0 radical (unpaired) electrons. The molecule has 16 heteroatoms. The highest BCUT2D eigenvalue weighted by Gasteiger charge is 2.78. The van der Waals surface area contributed by atoms with E-state index in [0.29, 0.717) is 16.1 Å². The summed E-state index contributed by atoms with van der Waals surface area (Å²) in [7, 11) is 0. The van der Waals surface area contributed by atoms with Crippen molar-refractivity contribution in [3.05, 3.63) is 118 Å². The van der Waals surface area contributed by atoms with Crippen LogP contribution in [-0.2, 0) is 54.5 Å². The van der Waals surface area contributed by atoms with E-state index in [1.807, 2.05) is 6.07 Å². The van der Waals surface area contributed by atoms with Gasteiger partial charge in [0.15, 0.2) is 23.6 Å². The van der Waals surface area contributed by atoms with Gasteiger partial charge in [0, 0.05) is 42.7 Å². The molecule has 11 atom stereocenters. The average molecular weight is 890 g/mol. The summed E-state index contributed by atoms with van der Waals surface area (Å²) in [4.78, 5) is 81.6. The maximum atomic E-state index is 15.5. The van der Waals surface area contributed by atoms with Gasteiger partial charge in [0.2, 0.25) is 0 Å². The fourth-order valence-corrected chi connectivity index (χ4v) is 10.3. The smallest absolute Gasteiger partial charge is 0.338 e. The Kier molecular flexibility index (Phi) is 12.8. The van der Waals surface area contributed by atoms with Crippen molar-refractivity contribution >= 4 is 41.2 Å². The summed E-state index contributed by atoms with van der Waals surface area (Å²) in [6.45, 7) is 8.14. The number of ether oxygens (including phenoxy) is 4. The van der Waals surface area contributed by atoms with Crippen molar-refractivity contribution in [1.29, 1.82) is 0 Å². The van der Waals surface area contributed by atoms with Crippen LogP contribution in [0.1, 0.15) is 81.9 Å². The number of hydrogen-bond donors (Lipinski definition) is 4. The second-order valence-corrected chi connectivity index (χ2v) is 18.0. The summed E-state index contributed by atoms with van der Waals surface area (Å²) < 4.78 is 24.0. The highest BCUT2D eigenvalue weighted by Crippen LogP contribution is 2.64. The third-order valence-electron chi connectivity index (χ3n) is 13.5. The molecule has 336 valence electrons. The quantitative estimate of drug-likeness (QED) is 0.0640. The number of nitrogens with one attached hydrogen (secondary N) is 1. The van der Waals surface area contributed by atoms with E-state index in [1.165, 1.54) is 38.1 Å². The van der Waals surface area contributed by atoms with Gasteiger partial charge in [0.25, 0.3) is 5.91 Å².